The molecule has 0 aromatic heterocycles. The average Bonchev–Trinajstić information content (AvgIpc) is 2.15. The van der Waals surface area contributed by atoms with E-state index >= 15 is 0 Å². The van der Waals surface area contributed by atoms with Crippen LogP contribution in [-0.2, 0) is 0 Å². The molecule has 0 amide bonds. The Labute approximate surface area is 79.6 Å². The smallest absolute Gasteiger partial charge is 0.0860 e. The molecule has 2 aliphatic carbocycles. The van der Waals surface area contributed by atoms with Gasteiger partial charge in [0, 0.05) is 0 Å². The Hall–Kier alpha value is -0.550. The van der Waals surface area contributed by atoms with Gasteiger partial charge in [-0.15, -0.1) is 0 Å². The van der Waals surface area contributed by atoms with E-state index in [4.69, 9.17) is 0 Å². The molecule has 2 heteroatoms. The summed E-state index contributed by atoms with van der Waals surface area (Å²) in [6.07, 6.45) is 8.10. The summed E-state index contributed by atoms with van der Waals surface area (Å²) in [5.74, 6) is 0. The van der Waals surface area contributed by atoms with Crippen LogP contribution < -0.4 is 0 Å². The van der Waals surface area contributed by atoms with Crippen LogP contribution >= 0.6 is 0 Å². The second-order valence-corrected chi connectivity index (χ2v) is 4.64. The maximum Gasteiger partial charge on any atom is 0.0860 e. The Bertz CT molecular complexity index is 231. The van der Waals surface area contributed by atoms with Crippen LogP contribution in [0.4, 0.5) is 0 Å². The number of nitrogens with zero attached hydrogens (tertiary/aromatic N) is 1. The van der Waals surface area contributed by atoms with E-state index in [9.17, 15) is 10.4 Å². The summed E-state index contributed by atoms with van der Waals surface area (Å²) >= 11 is 0. The maximum absolute atomic E-state index is 10.3. The number of aliphatic hydroxyl groups is 1. The first-order valence-electron chi connectivity index (χ1n) is 5.36. The van der Waals surface area contributed by atoms with Gasteiger partial charge in [-0.2, -0.15) is 5.26 Å². The first-order valence-corrected chi connectivity index (χ1v) is 5.36. The first-order chi connectivity index (χ1) is 6.22. The van der Waals surface area contributed by atoms with E-state index in [-0.39, 0.29) is 5.41 Å². The van der Waals surface area contributed by atoms with Gasteiger partial charge < -0.3 is 5.11 Å². The van der Waals surface area contributed by atoms with E-state index in [1.807, 2.05) is 0 Å². The van der Waals surface area contributed by atoms with E-state index in [1.165, 1.54) is 6.42 Å². The normalized spacial score (nSPS) is 30.2. The molecule has 0 aromatic carbocycles. The van der Waals surface area contributed by atoms with Gasteiger partial charge in [-0.25, -0.2) is 0 Å². The fourth-order valence-corrected chi connectivity index (χ4v) is 2.83. The van der Waals surface area contributed by atoms with Crippen LogP contribution in [0.5, 0.6) is 0 Å². The summed E-state index contributed by atoms with van der Waals surface area (Å²) in [5.41, 5.74) is -1.01. The predicted octanol–water partition coefficient (Wildman–Crippen LogP) is 2.38. The Kier molecular flexibility index (Phi) is 2.08. The molecule has 13 heavy (non-hydrogen) atoms. The molecule has 0 atom stereocenters. The minimum absolute atomic E-state index is 0.385. The van der Waals surface area contributed by atoms with Crippen LogP contribution in [-0.4, -0.2) is 10.7 Å². The van der Waals surface area contributed by atoms with E-state index in [0.29, 0.717) is 0 Å². The van der Waals surface area contributed by atoms with Gasteiger partial charge in [0.25, 0.3) is 0 Å². The number of hydrogen-bond donors (Lipinski definition) is 1. The summed E-state index contributed by atoms with van der Waals surface area (Å²) in [6.45, 7) is 0. The highest BCUT2D eigenvalue weighted by molar-refractivity contribution is 5.15. The van der Waals surface area contributed by atoms with Crippen molar-refractivity contribution in [2.24, 2.45) is 5.41 Å². The van der Waals surface area contributed by atoms with Gasteiger partial charge in [-0.05, 0) is 32.1 Å². The monoisotopic (exact) mass is 179 g/mol. The third-order valence-electron chi connectivity index (χ3n) is 3.99. The minimum atomic E-state index is -0.623. The highest BCUT2D eigenvalue weighted by atomic mass is 16.3. The molecule has 0 unspecified atom stereocenters. The van der Waals surface area contributed by atoms with Crippen molar-refractivity contribution < 1.29 is 5.11 Å². The van der Waals surface area contributed by atoms with E-state index in [1.54, 1.807) is 0 Å². The molecule has 0 heterocycles. The fourth-order valence-electron chi connectivity index (χ4n) is 2.83. The lowest BCUT2D eigenvalue weighted by Crippen LogP contribution is -2.53. The third-order valence-corrected chi connectivity index (χ3v) is 3.99. The average molecular weight is 179 g/mol. The van der Waals surface area contributed by atoms with Crippen LogP contribution in [0.3, 0.4) is 0 Å². The first kappa shape index (κ1) is 9.02. The van der Waals surface area contributed by atoms with Gasteiger partial charge in [0.05, 0.1) is 17.1 Å². The number of hydrogen-bond acceptors (Lipinski definition) is 2. The second-order valence-electron chi connectivity index (χ2n) is 4.64. The van der Waals surface area contributed by atoms with Gasteiger partial charge in [-0.1, -0.05) is 19.3 Å². The molecule has 0 radical (unpaired) electrons. The van der Waals surface area contributed by atoms with Crippen molar-refractivity contribution in [2.45, 2.75) is 57.0 Å². The van der Waals surface area contributed by atoms with E-state index in [0.717, 1.165) is 44.9 Å². The van der Waals surface area contributed by atoms with Crippen molar-refractivity contribution in [3.05, 3.63) is 0 Å². The van der Waals surface area contributed by atoms with Gasteiger partial charge in [0.1, 0.15) is 0 Å². The lowest BCUT2D eigenvalue weighted by molar-refractivity contribution is -0.128. The maximum atomic E-state index is 10.3. The summed E-state index contributed by atoms with van der Waals surface area (Å²) in [4.78, 5) is 0. The molecule has 0 spiro atoms. The van der Waals surface area contributed by atoms with Crippen LogP contribution in [0.15, 0.2) is 0 Å². The van der Waals surface area contributed by atoms with E-state index in [2.05, 4.69) is 6.07 Å². The molecule has 0 aliphatic heterocycles. The zero-order valence-electron chi connectivity index (χ0n) is 8.05. The van der Waals surface area contributed by atoms with Crippen molar-refractivity contribution in [1.82, 2.24) is 0 Å². The Morgan fingerprint density at radius 1 is 0.923 bits per heavy atom. The molecular weight excluding hydrogens is 162 g/mol. The molecule has 2 aliphatic rings. The van der Waals surface area contributed by atoms with Crippen molar-refractivity contribution in [3.8, 4) is 6.07 Å². The highest BCUT2D eigenvalue weighted by Crippen LogP contribution is 2.53. The molecule has 0 saturated heterocycles. The van der Waals surface area contributed by atoms with Crippen LogP contribution in [0.2, 0.25) is 0 Å². The van der Waals surface area contributed by atoms with Crippen LogP contribution in [0.1, 0.15) is 51.4 Å². The summed E-state index contributed by atoms with van der Waals surface area (Å²) < 4.78 is 0. The van der Waals surface area contributed by atoms with Gasteiger partial charge in [0.15, 0.2) is 0 Å². The molecule has 2 fully saturated rings. The molecule has 72 valence electrons. The molecule has 2 nitrogen and oxygen atoms in total. The molecular formula is C11H17NO. The number of nitriles is 1. The minimum Gasteiger partial charge on any atom is -0.388 e. The standard InChI is InChI=1S/C11H17NO/c12-9-10(5-2-1-3-6-10)11(13)7-4-8-11/h13H,1-8H2. The molecule has 2 rings (SSSR count). The van der Waals surface area contributed by atoms with Crippen molar-refractivity contribution >= 4 is 0 Å². The lowest BCUT2D eigenvalue weighted by atomic mass is 9.56. The molecule has 0 bridgehead atoms. The summed E-state index contributed by atoms with van der Waals surface area (Å²) in [6, 6.07) is 2.41. The topological polar surface area (TPSA) is 44.0 Å². The van der Waals surface area contributed by atoms with Crippen molar-refractivity contribution in [2.75, 3.05) is 0 Å². The number of rotatable bonds is 1. The van der Waals surface area contributed by atoms with Crippen LogP contribution in [0, 0.1) is 16.7 Å². The summed E-state index contributed by atoms with van der Waals surface area (Å²) in [5, 5.41) is 19.5. The zero-order valence-corrected chi connectivity index (χ0v) is 8.05. The Balaban J connectivity index is 2.18. The second kappa shape index (κ2) is 2.99. The Morgan fingerprint density at radius 3 is 1.92 bits per heavy atom. The van der Waals surface area contributed by atoms with Gasteiger partial charge in [-0.3, -0.25) is 0 Å². The molecule has 0 aromatic rings. The molecule has 2 saturated carbocycles. The van der Waals surface area contributed by atoms with Crippen molar-refractivity contribution in [3.63, 3.8) is 0 Å². The zero-order chi connectivity index (χ0) is 9.36. The largest absolute Gasteiger partial charge is 0.388 e. The van der Waals surface area contributed by atoms with Gasteiger partial charge in [0.2, 0.25) is 0 Å². The highest BCUT2D eigenvalue weighted by Gasteiger charge is 2.54. The Morgan fingerprint density at radius 2 is 1.54 bits per heavy atom. The quantitative estimate of drug-likeness (QED) is 0.671. The van der Waals surface area contributed by atoms with E-state index < -0.39 is 5.60 Å². The predicted molar refractivity (Wildman–Crippen MR) is 49.9 cm³/mol. The van der Waals surface area contributed by atoms with Crippen molar-refractivity contribution in [1.29, 1.82) is 5.26 Å². The lowest BCUT2D eigenvalue weighted by Gasteiger charge is -2.50. The fraction of sp³-hybridized carbons (Fsp3) is 0.909. The summed E-state index contributed by atoms with van der Waals surface area (Å²) in [7, 11) is 0. The molecule has 1 N–H and O–H groups in total. The SMILES string of the molecule is N#CC1(C2(O)CCC2)CCCCC1. The van der Waals surface area contributed by atoms with Gasteiger partial charge >= 0.3 is 0 Å². The third kappa shape index (κ3) is 1.18. The van der Waals surface area contributed by atoms with Crippen LogP contribution in [0.25, 0.3) is 0 Å².